The van der Waals surface area contributed by atoms with Crippen molar-refractivity contribution in [2.45, 2.75) is 13.3 Å². The van der Waals surface area contributed by atoms with Gasteiger partial charge in [-0.25, -0.2) is 4.39 Å². The maximum atomic E-state index is 13.3. The zero-order valence-electron chi connectivity index (χ0n) is 13.2. The van der Waals surface area contributed by atoms with Crippen LogP contribution in [0.5, 0.6) is 0 Å². The monoisotopic (exact) mass is 348 g/mol. The van der Waals surface area contributed by atoms with Gasteiger partial charge in [-0.3, -0.25) is 9.59 Å². The summed E-state index contributed by atoms with van der Waals surface area (Å²) >= 11 is 1.11. The molecule has 2 heterocycles. The van der Waals surface area contributed by atoms with Crippen LogP contribution in [0, 0.1) is 5.82 Å². The first-order chi connectivity index (χ1) is 11.6. The second-order valence-corrected chi connectivity index (χ2v) is 6.25. The Morgan fingerprint density at radius 1 is 1.17 bits per heavy atom. The van der Waals surface area contributed by atoms with Crippen molar-refractivity contribution in [2.75, 3.05) is 26.2 Å². The molecule has 0 saturated carbocycles. The number of carbonyl (C=O) groups excluding carboxylic acids is 2. The largest absolute Gasteiger partial charge is 0.335 e. The summed E-state index contributed by atoms with van der Waals surface area (Å²) in [7, 11) is 0. The smallest absolute Gasteiger partial charge is 0.267 e. The molecular formula is C16H17FN4O2S. The molecule has 1 fully saturated rings. The van der Waals surface area contributed by atoms with Crippen LogP contribution in [0.25, 0.3) is 0 Å². The molecule has 1 aromatic heterocycles. The average Bonchev–Trinajstić information content (AvgIpc) is 3.09. The van der Waals surface area contributed by atoms with Gasteiger partial charge in [-0.1, -0.05) is 17.5 Å². The quantitative estimate of drug-likeness (QED) is 0.849. The highest BCUT2D eigenvalue weighted by atomic mass is 32.1. The van der Waals surface area contributed by atoms with Gasteiger partial charge in [0.15, 0.2) is 0 Å². The van der Waals surface area contributed by atoms with Crippen molar-refractivity contribution in [3.05, 3.63) is 46.2 Å². The molecule has 2 amide bonds. The van der Waals surface area contributed by atoms with E-state index in [1.807, 2.05) is 6.92 Å². The molecule has 0 N–H and O–H groups in total. The van der Waals surface area contributed by atoms with Gasteiger partial charge in [0.2, 0.25) is 0 Å². The highest BCUT2D eigenvalue weighted by Crippen LogP contribution is 2.17. The predicted octanol–water partition coefficient (Wildman–Crippen LogP) is 1.84. The molecule has 8 heteroatoms. The minimum atomic E-state index is -0.431. The van der Waals surface area contributed by atoms with E-state index in [0.717, 1.165) is 11.5 Å². The van der Waals surface area contributed by atoms with E-state index in [0.29, 0.717) is 48.7 Å². The maximum absolute atomic E-state index is 13.3. The van der Waals surface area contributed by atoms with Crippen molar-refractivity contribution in [1.29, 1.82) is 0 Å². The number of piperazine rings is 1. The summed E-state index contributed by atoms with van der Waals surface area (Å²) in [6.07, 6.45) is 0.662. The van der Waals surface area contributed by atoms with Crippen LogP contribution in [0.3, 0.4) is 0 Å². The summed E-state index contributed by atoms with van der Waals surface area (Å²) in [5, 5.41) is 3.96. The number of hydrogen-bond donors (Lipinski definition) is 0. The normalized spacial score (nSPS) is 14.8. The summed E-state index contributed by atoms with van der Waals surface area (Å²) in [6.45, 7) is 3.68. The topological polar surface area (TPSA) is 66.4 Å². The Labute approximate surface area is 143 Å². The van der Waals surface area contributed by atoms with Gasteiger partial charge in [-0.2, -0.15) is 0 Å². The van der Waals surface area contributed by atoms with Crippen LogP contribution in [0.4, 0.5) is 4.39 Å². The second kappa shape index (κ2) is 7.04. The number of nitrogens with zero attached hydrogens (tertiary/aromatic N) is 4. The van der Waals surface area contributed by atoms with Crippen molar-refractivity contribution < 1.29 is 14.0 Å². The minimum absolute atomic E-state index is 0.0836. The predicted molar refractivity (Wildman–Crippen MR) is 87.5 cm³/mol. The van der Waals surface area contributed by atoms with Crippen LogP contribution >= 0.6 is 11.5 Å². The van der Waals surface area contributed by atoms with Gasteiger partial charge in [0.1, 0.15) is 10.7 Å². The SMILES string of the molecule is CCc1nnsc1C(=O)N1CCN(C(=O)c2cccc(F)c2)CC1. The third-order valence-corrected chi connectivity index (χ3v) is 4.77. The summed E-state index contributed by atoms with van der Waals surface area (Å²) in [5.74, 6) is -0.727. The zero-order chi connectivity index (χ0) is 17.1. The molecule has 1 aliphatic rings. The fourth-order valence-electron chi connectivity index (χ4n) is 2.66. The molecule has 1 saturated heterocycles. The number of carbonyl (C=O) groups is 2. The first-order valence-electron chi connectivity index (χ1n) is 7.75. The van der Waals surface area contributed by atoms with Gasteiger partial charge in [-0.15, -0.1) is 5.10 Å². The van der Waals surface area contributed by atoms with Crippen molar-refractivity contribution >= 4 is 23.3 Å². The number of halogens is 1. The molecule has 0 atom stereocenters. The fourth-order valence-corrected chi connectivity index (χ4v) is 3.38. The lowest BCUT2D eigenvalue weighted by Crippen LogP contribution is -2.50. The Morgan fingerprint density at radius 2 is 1.83 bits per heavy atom. The molecule has 2 aromatic rings. The van der Waals surface area contributed by atoms with E-state index >= 15 is 0 Å². The minimum Gasteiger partial charge on any atom is -0.335 e. The van der Waals surface area contributed by atoms with Crippen molar-refractivity contribution in [1.82, 2.24) is 19.4 Å². The number of aromatic nitrogens is 2. The number of hydrogen-bond acceptors (Lipinski definition) is 5. The Hall–Kier alpha value is -2.35. The summed E-state index contributed by atoms with van der Waals surface area (Å²) < 4.78 is 17.1. The van der Waals surface area contributed by atoms with Gasteiger partial charge in [-0.05, 0) is 36.2 Å². The zero-order valence-corrected chi connectivity index (χ0v) is 14.1. The van der Waals surface area contributed by atoms with Gasteiger partial charge < -0.3 is 9.80 Å². The Kier molecular flexibility index (Phi) is 4.84. The summed E-state index contributed by atoms with van der Waals surface area (Å²) in [6, 6.07) is 5.66. The molecule has 1 aliphatic heterocycles. The molecule has 0 spiro atoms. The van der Waals surface area contributed by atoms with Crippen LogP contribution in [0.1, 0.15) is 32.6 Å². The summed E-state index contributed by atoms with van der Waals surface area (Å²) in [5.41, 5.74) is 1.04. The second-order valence-electron chi connectivity index (χ2n) is 5.50. The van der Waals surface area contributed by atoms with Crippen LogP contribution in [0.2, 0.25) is 0 Å². The molecule has 0 aliphatic carbocycles. The van der Waals surface area contributed by atoms with E-state index in [4.69, 9.17) is 0 Å². The number of amides is 2. The highest BCUT2D eigenvalue weighted by Gasteiger charge is 2.27. The van der Waals surface area contributed by atoms with Gasteiger partial charge in [0.25, 0.3) is 11.8 Å². The van der Waals surface area contributed by atoms with Gasteiger partial charge in [0, 0.05) is 31.7 Å². The average molecular weight is 348 g/mol. The molecule has 3 rings (SSSR count). The van der Waals surface area contributed by atoms with E-state index in [-0.39, 0.29) is 11.8 Å². The number of rotatable bonds is 3. The van der Waals surface area contributed by atoms with E-state index in [1.54, 1.807) is 15.9 Å². The molecular weight excluding hydrogens is 331 g/mol. The van der Waals surface area contributed by atoms with E-state index in [1.165, 1.54) is 18.2 Å². The van der Waals surface area contributed by atoms with Crippen molar-refractivity contribution in [3.63, 3.8) is 0 Å². The Bertz CT molecular complexity index is 756. The molecule has 0 radical (unpaired) electrons. The van der Waals surface area contributed by atoms with Crippen LogP contribution in [-0.4, -0.2) is 57.4 Å². The first-order valence-corrected chi connectivity index (χ1v) is 8.53. The van der Waals surface area contributed by atoms with Gasteiger partial charge in [0.05, 0.1) is 5.69 Å². The van der Waals surface area contributed by atoms with E-state index < -0.39 is 5.82 Å². The summed E-state index contributed by atoms with van der Waals surface area (Å²) in [4.78, 5) is 28.9. The lowest BCUT2D eigenvalue weighted by Gasteiger charge is -2.34. The van der Waals surface area contributed by atoms with E-state index in [2.05, 4.69) is 9.59 Å². The molecule has 6 nitrogen and oxygen atoms in total. The van der Waals surface area contributed by atoms with Crippen molar-refractivity contribution in [3.8, 4) is 0 Å². The van der Waals surface area contributed by atoms with Crippen LogP contribution in [-0.2, 0) is 6.42 Å². The van der Waals surface area contributed by atoms with Crippen LogP contribution < -0.4 is 0 Å². The third kappa shape index (κ3) is 3.28. The fraction of sp³-hybridized carbons (Fsp3) is 0.375. The lowest BCUT2D eigenvalue weighted by molar-refractivity contribution is 0.0537. The third-order valence-electron chi connectivity index (χ3n) is 4.01. The van der Waals surface area contributed by atoms with Gasteiger partial charge >= 0.3 is 0 Å². The number of aryl methyl sites for hydroxylation is 1. The first kappa shape index (κ1) is 16.5. The lowest BCUT2D eigenvalue weighted by atomic mass is 10.1. The van der Waals surface area contributed by atoms with Crippen molar-refractivity contribution in [2.24, 2.45) is 0 Å². The highest BCUT2D eigenvalue weighted by molar-refractivity contribution is 7.08. The Morgan fingerprint density at radius 3 is 2.46 bits per heavy atom. The van der Waals surface area contributed by atoms with Crippen LogP contribution in [0.15, 0.2) is 24.3 Å². The molecule has 126 valence electrons. The number of benzene rings is 1. The molecule has 1 aromatic carbocycles. The molecule has 0 bridgehead atoms. The maximum Gasteiger partial charge on any atom is 0.267 e. The van der Waals surface area contributed by atoms with E-state index in [9.17, 15) is 14.0 Å². The Balaban J connectivity index is 1.63. The standard InChI is InChI=1S/C16H17FN4O2S/c1-2-13-14(24-19-18-13)16(23)21-8-6-20(7-9-21)15(22)11-4-3-5-12(17)10-11/h3-5,10H,2,6-9H2,1H3. The molecule has 24 heavy (non-hydrogen) atoms. The molecule has 0 unspecified atom stereocenters.